The first-order valence-electron chi connectivity index (χ1n) is 7.37. The zero-order chi connectivity index (χ0) is 17.5. The fraction of sp³-hybridized carbons (Fsp3) is 0.222. The van der Waals surface area contributed by atoms with Crippen LogP contribution >= 0.6 is 0 Å². The van der Waals surface area contributed by atoms with E-state index in [1.54, 1.807) is 31.2 Å². The van der Waals surface area contributed by atoms with Gasteiger partial charge in [-0.2, -0.15) is 0 Å². The van der Waals surface area contributed by atoms with Crippen LogP contribution in [0, 0.1) is 12.7 Å². The predicted molar refractivity (Wildman–Crippen MR) is 85.6 cm³/mol. The Morgan fingerprint density at radius 1 is 1.25 bits per heavy atom. The van der Waals surface area contributed by atoms with Crippen molar-refractivity contribution in [2.75, 3.05) is 12.4 Å². The van der Waals surface area contributed by atoms with Gasteiger partial charge in [-0.15, -0.1) is 0 Å². The molecule has 0 radical (unpaired) electrons. The average molecular weight is 329 g/mol. The second-order valence-corrected chi connectivity index (χ2v) is 5.76. The smallest absolute Gasteiger partial charge is 0.261 e. The van der Waals surface area contributed by atoms with Crippen LogP contribution in [0.15, 0.2) is 36.4 Å². The van der Waals surface area contributed by atoms with Crippen LogP contribution in [0.3, 0.4) is 0 Å². The SMILES string of the molecule is COc1ccc(C(=O)CC2(O)C(=O)Nc3c(F)ccc(C)c32)cc1. The number of rotatable bonds is 4. The number of halogens is 1. The minimum absolute atomic E-state index is 0.0648. The molecule has 6 heteroatoms. The third-order valence-corrected chi connectivity index (χ3v) is 4.22. The van der Waals surface area contributed by atoms with Crippen molar-refractivity contribution in [2.24, 2.45) is 0 Å². The minimum atomic E-state index is -2.08. The van der Waals surface area contributed by atoms with Crippen molar-refractivity contribution < 1.29 is 23.8 Å². The van der Waals surface area contributed by atoms with E-state index in [2.05, 4.69) is 5.32 Å². The van der Waals surface area contributed by atoms with Gasteiger partial charge in [-0.05, 0) is 42.8 Å². The number of carbonyl (C=O) groups is 2. The van der Waals surface area contributed by atoms with E-state index in [1.807, 2.05) is 0 Å². The molecule has 0 aromatic heterocycles. The lowest BCUT2D eigenvalue weighted by molar-refractivity contribution is -0.133. The summed E-state index contributed by atoms with van der Waals surface area (Å²) in [5.41, 5.74) is -1.16. The van der Waals surface area contributed by atoms with Gasteiger partial charge in [-0.25, -0.2) is 4.39 Å². The Bertz CT molecular complexity index is 832. The van der Waals surface area contributed by atoms with Crippen LogP contribution in [-0.2, 0) is 10.4 Å². The van der Waals surface area contributed by atoms with Crippen molar-refractivity contribution in [1.29, 1.82) is 0 Å². The molecule has 1 aliphatic heterocycles. The lowest BCUT2D eigenvalue weighted by Gasteiger charge is -2.21. The highest BCUT2D eigenvalue weighted by Gasteiger charge is 2.48. The zero-order valence-corrected chi connectivity index (χ0v) is 13.2. The number of fused-ring (bicyclic) bond motifs is 1. The number of anilines is 1. The molecule has 0 saturated carbocycles. The van der Waals surface area contributed by atoms with Crippen LogP contribution in [-0.4, -0.2) is 23.9 Å². The van der Waals surface area contributed by atoms with Gasteiger partial charge in [-0.3, -0.25) is 9.59 Å². The van der Waals surface area contributed by atoms with Crippen LogP contribution in [0.25, 0.3) is 0 Å². The van der Waals surface area contributed by atoms with Gasteiger partial charge >= 0.3 is 0 Å². The van der Waals surface area contributed by atoms with Crippen molar-refractivity contribution in [1.82, 2.24) is 0 Å². The van der Waals surface area contributed by atoms with Crippen LogP contribution in [0.4, 0.5) is 10.1 Å². The molecule has 0 aliphatic carbocycles. The topological polar surface area (TPSA) is 75.6 Å². The molecule has 2 N–H and O–H groups in total. The third-order valence-electron chi connectivity index (χ3n) is 4.22. The van der Waals surface area contributed by atoms with Gasteiger partial charge in [0.1, 0.15) is 11.6 Å². The normalized spacial score (nSPS) is 18.9. The molecule has 1 amide bonds. The summed E-state index contributed by atoms with van der Waals surface area (Å²) in [6.07, 6.45) is -0.470. The van der Waals surface area contributed by atoms with E-state index in [4.69, 9.17) is 4.74 Å². The molecule has 1 heterocycles. The quantitative estimate of drug-likeness (QED) is 0.845. The third kappa shape index (κ3) is 2.45. The van der Waals surface area contributed by atoms with Crippen LogP contribution in [0.2, 0.25) is 0 Å². The minimum Gasteiger partial charge on any atom is -0.497 e. The van der Waals surface area contributed by atoms with Crippen molar-refractivity contribution >= 4 is 17.4 Å². The summed E-state index contributed by atoms with van der Waals surface area (Å²) in [6.45, 7) is 1.65. The second kappa shape index (κ2) is 5.72. The lowest BCUT2D eigenvalue weighted by Crippen LogP contribution is -2.37. The zero-order valence-electron chi connectivity index (χ0n) is 13.2. The maximum Gasteiger partial charge on any atom is 0.261 e. The van der Waals surface area contributed by atoms with Gasteiger partial charge in [-0.1, -0.05) is 6.07 Å². The van der Waals surface area contributed by atoms with Gasteiger partial charge < -0.3 is 15.2 Å². The highest BCUT2D eigenvalue weighted by atomic mass is 19.1. The van der Waals surface area contributed by atoms with Crippen molar-refractivity contribution in [3.05, 3.63) is 58.9 Å². The van der Waals surface area contributed by atoms with Crippen molar-refractivity contribution in [2.45, 2.75) is 18.9 Å². The van der Waals surface area contributed by atoms with E-state index in [1.165, 1.54) is 19.2 Å². The van der Waals surface area contributed by atoms with Gasteiger partial charge in [0.15, 0.2) is 11.4 Å². The van der Waals surface area contributed by atoms with Crippen LogP contribution < -0.4 is 10.1 Å². The first-order valence-corrected chi connectivity index (χ1v) is 7.37. The first kappa shape index (κ1) is 16.1. The highest BCUT2D eigenvalue weighted by molar-refractivity contribution is 6.09. The number of hydrogen-bond donors (Lipinski definition) is 2. The largest absolute Gasteiger partial charge is 0.497 e. The van der Waals surface area contributed by atoms with E-state index in [-0.39, 0.29) is 11.3 Å². The molecule has 2 aromatic carbocycles. The standard InChI is InChI=1S/C18H16FNO4/c1-10-3-8-13(19)16-15(10)18(23,17(22)20-16)9-14(21)11-4-6-12(24-2)7-5-11/h3-8,23H,9H2,1-2H3,(H,20,22). The number of amides is 1. The Labute approximate surface area is 138 Å². The molecule has 124 valence electrons. The first-order chi connectivity index (χ1) is 11.4. The van der Waals surface area contributed by atoms with E-state index in [0.717, 1.165) is 0 Å². The van der Waals surface area contributed by atoms with Crippen molar-refractivity contribution in [3.8, 4) is 5.75 Å². The maximum absolute atomic E-state index is 13.9. The summed E-state index contributed by atoms with van der Waals surface area (Å²) in [4.78, 5) is 24.7. The number of nitrogens with one attached hydrogen (secondary N) is 1. The molecule has 2 aromatic rings. The summed E-state index contributed by atoms with van der Waals surface area (Å²) in [6, 6.07) is 9.02. The number of carbonyl (C=O) groups excluding carboxylic acids is 2. The number of ether oxygens (including phenoxy) is 1. The molecule has 3 rings (SSSR count). The molecule has 5 nitrogen and oxygen atoms in total. The number of benzene rings is 2. The molecule has 0 saturated heterocycles. The fourth-order valence-corrected chi connectivity index (χ4v) is 2.95. The van der Waals surface area contributed by atoms with Gasteiger partial charge in [0.25, 0.3) is 5.91 Å². The Morgan fingerprint density at radius 3 is 2.54 bits per heavy atom. The van der Waals surface area contributed by atoms with Crippen LogP contribution in [0.1, 0.15) is 27.9 Å². The Kier molecular flexibility index (Phi) is 3.85. The maximum atomic E-state index is 13.9. The number of ketones is 1. The summed E-state index contributed by atoms with van der Waals surface area (Å²) in [5.74, 6) is -1.27. The molecule has 1 aliphatic rings. The molecule has 1 atom stereocenters. The van der Waals surface area contributed by atoms with E-state index in [9.17, 15) is 19.1 Å². The molecular weight excluding hydrogens is 313 g/mol. The molecule has 0 spiro atoms. The monoisotopic (exact) mass is 329 g/mol. The second-order valence-electron chi connectivity index (χ2n) is 5.76. The predicted octanol–water partition coefficient (Wildman–Crippen LogP) is 2.56. The van der Waals surface area contributed by atoms with E-state index < -0.39 is 29.5 Å². The molecule has 1 unspecified atom stereocenters. The van der Waals surface area contributed by atoms with Gasteiger partial charge in [0, 0.05) is 11.1 Å². The number of hydrogen-bond acceptors (Lipinski definition) is 4. The Hall–Kier alpha value is -2.73. The molecular formula is C18H16FNO4. The summed E-state index contributed by atoms with van der Waals surface area (Å²) in [5, 5.41) is 13.2. The lowest BCUT2D eigenvalue weighted by atomic mass is 9.85. The number of Topliss-reactive ketones (excluding diaryl/α,β-unsaturated/α-hetero) is 1. The molecule has 0 bridgehead atoms. The Balaban J connectivity index is 1.96. The van der Waals surface area contributed by atoms with Crippen molar-refractivity contribution in [3.63, 3.8) is 0 Å². The summed E-state index contributed by atoms with van der Waals surface area (Å²) >= 11 is 0. The number of methoxy groups -OCH3 is 1. The molecule has 0 fully saturated rings. The van der Waals surface area contributed by atoms with Crippen LogP contribution in [0.5, 0.6) is 5.75 Å². The fourth-order valence-electron chi connectivity index (χ4n) is 2.95. The van der Waals surface area contributed by atoms with Gasteiger partial charge in [0.05, 0.1) is 19.2 Å². The number of aryl methyl sites for hydroxylation is 1. The average Bonchev–Trinajstić information content (AvgIpc) is 2.83. The molecule has 24 heavy (non-hydrogen) atoms. The summed E-state index contributed by atoms with van der Waals surface area (Å²) < 4.78 is 18.9. The number of aliphatic hydroxyl groups is 1. The Morgan fingerprint density at radius 2 is 1.92 bits per heavy atom. The summed E-state index contributed by atoms with van der Waals surface area (Å²) in [7, 11) is 1.51. The highest BCUT2D eigenvalue weighted by Crippen LogP contribution is 2.42. The van der Waals surface area contributed by atoms with E-state index in [0.29, 0.717) is 16.9 Å². The van der Waals surface area contributed by atoms with Gasteiger partial charge in [0.2, 0.25) is 0 Å². The van der Waals surface area contributed by atoms with E-state index >= 15 is 0 Å².